The van der Waals surface area contributed by atoms with Gasteiger partial charge < -0.3 is 15.7 Å². The van der Waals surface area contributed by atoms with Crippen molar-refractivity contribution in [2.45, 2.75) is 51.0 Å². The summed E-state index contributed by atoms with van der Waals surface area (Å²) in [5.41, 5.74) is -0.228. The van der Waals surface area contributed by atoms with Crippen LogP contribution in [0.3, 0.4) is 0 Å². The van der Waals surface area contributed by atoms with Crippen molar-refractivity contribution < 1.29 is 14.7 Å². The molecule has 3 fully saturated rings. The van der Waals surface area contributed by atoms with Gasteiger partial charge in [-0.25, -0.2) is 0 Å². The van der Waals surface area contributed by atoms with Crippen LogP contribution in [0.2, 0.25) is 0 Å². The number of thiophene rings is 1. The molecule has 3 aliphatic rings. The Morgan fingerprint density at radius 2 is 2.08 bits per heavy atom. The standard InChI is InChI=1S/C19H26N2O3S/c22-12-18-3-5-19(11-18,6-4-18)17(24)21-15-8-13(15)10-20-16(23)9-14-2-1-7-25-14/h1-2,7,13,15,22H,3-6,8-12H2,(H,20,23)(H,21,24)/t13-,15+,18?,19?/m0/s1. The number of aliphatic hydroxyl groups is 1. The third kappa shape index (κ3) is 3.34. The van der Waals surface area contributed by atoms with Gasteiger partial charge in [0.2, 0.25) is 11.8 Å². The van der Waals surface area contributed by atoms with Gasteiger partial charge in [-0.2, -0.15) is 0 Å². The number of hydrogen-bond donors (Lipinski definition) is 3. The van der Waals surface area contributed by atoms with E-state index in [1.807, 2.05) is 17.5 Å². The number of aliphatic hydroxyl groups excluding tert-OH is 1. The van der Waals surface area contributed by atoms with Crippen molar-refractivity contribution in [2.24, 2.45) is 16.7 Å². The van der Waals surface area contributed by atoms with Gasteiger partial charge in [0.1, 0.15) is 0 Å². The van der Waals surface area contributed by atoms with Crippen LogP contribution in [0.5, 0.6) is 0 Å². The van der Waals surface area contributed by atoms with Crippen LogP contribution in [-0.2, 0) is 16.0 Å². The zero-order chi connectivity index (χ0) is 17.5. The molecule has 136 valence electrons. The largest absolute Gasteiger partial charge is 0.396 e. The van der Waals surface area contributed by atoms with Crippen molar-refractivity contribution in [3.63, 3.8) is 0 Å². The third-order valence-corrected chi connectivity index (χ3v) is 7.39. The summed E-state index contributed by atoms with van der Waals surface area (Å²) in [6, 6.07) is 4.13. The number of carbonyl (C=O) groups excluding carboxylic acids is 2. The fourth-order valence-electron chi connectivity index (χ4n) is 4.70. The lowest BCUT2D eigenvalue weighted by Gasteiger charge is -2.26. The maximum atomic E-state index is 12.8. The minimum absolute atomic E-state index is 0.00998. The van der Waals surface area contributed by atoms with Crippen LogP contribution in [0.1, 0.15) is 43.4 Å². The fraction of sp³-hybridized carbons (Fsp3) is 0.684. The Labute approximate surface area is 152 Å². The quantitative estimate of drug-likeness (QED) is 0.693. The van der Waals surface area contributed by atoms with E-state index in [4.69, 9.17) is 0 Å². The first-order valence-electron chi connectivity index (χ1n) is 9.25. The van der Waals surface area contributed by atoms with Crippen molar-refractivity contribution in [1.82, 2.24) is 10.6 Å². The predicted molar refractivity (Wildman–Crippen MR) is 96.1 cm³/mol. The Balaban J connectivity index is 1.21. The van der Waals surface area contributed by atoms with Gasteiger partial charge in [-0.05, 0) is 61.3 Å². The average Bonchev–Trinajstić information content (AvgIpc) is 3.03. The van der Waals surface area contributed by atoms with Gasteiger partial charge in [0.15, 0.2) is 0 Å². The van der Waals surface area contributed by atoms with E-state index in [9.17, 15) is 14.7 Å². The topological polar surface area (TPSA) is 78.4 Å². The average molecular weight is 362 g/mol. The zero-order valence-corrected chi connectivity index (χ0v) is 15.2. The first-order valence-corrected chi connectivity index (χ1v) is 10.1. The maximum Gasteiger partial charge on any atom is 0.226 e. The van der Waals surface area contributed by atoms with Gasteiger partial charge in [-0.3, -0.25) is 9.59 Å². The van der Waals surface area contributed by atoms with Gasteiger partial charge in [-0.1, -0.05) is 6.07 Å². The van der Waals surface area contributed by atoms with Crippen molar-refractivity contribution in [1.29, 1.82) is 0 Å². The molecule has 1 aromatic heterocycles. The number of rotatable bonds is 7. The normalized spacial score (nSPS) is 35.6. The highest BCUT2D eigenvalue weighted by atomic mass is 32.1. The zero-order valence-electron chi connectivity index (χ0n) is 14.4. The van der Waals surface area contributed by atoms with Crippen LogP contribution >= 0.6 is 11.3 Å². The smallest absolute Gasteiger partial charge is 0.226 e. The first kappa shape index (κ1) is 17.0. The van der Waals surface area contributed by atoms with Crippen LogP contribution in [0.25, 0.3) is 0 Å². The highest BCUT2D eigenvalue weighted by molar-refractivity contribution is 7.10. The SMILES string of the molecule is O=C(Cc1cccs1)NC[C@@H]1C[C@H]1NC(=O)C12CCC(CO)(CC1)C2. The van der Waals surface area contributed by atoms with Crippen LogP contribution in [0, 0.1) is 16.7 Å². The summed E-state index contributed by atoms with van der Waals surface area (Å²) in [5.74, 6) is 0.591. The van der Waals surface area contributed by atoms with Crippen molar-refractivity contribution in [3.8, 4) is 0 Å². The molecule has 0 aromatic carbocycles. The minimum atomic E-state index is -0.238. The molecule has 3 saturated carbocycles. The lowest BCUT2D eigenvalue weighted by molar-refractivity contribution is -0.130. The molecule has 0 radical (unpaired) electrons. The lowest BCUT2D eigenvalue weighted by atomic mass is 9.82. The summed E-state index contributed by atoms with van der Waals surface area (Å²) in [6.45, 7) is 0.854. The molecule has 1 heterocycles. The van der Waals surface area contributed by atoms with E-state index >= 15 is 0 Å². The molecule has 2 atom stereocenters. The summed E-state index contributed by atoms with van der Waals surface area (Å²) in [7, 11) is 0. The Morgan fingerprint density at radius 3 is 2.72 bits per heavy atom. The molecule has 2 bridgehead atoms. The minimum Gasteiger partial charge on any atom is -0.396 e. The van der Waals surface area contributed by atoms with Gasteiger partial charge in [-0.15, -0.1) is 11.3 Å². The number of carbonyl (C=O) groups is 2. The number of amides is 2. The Kier molecular flexibility index (Phi) is 4.36. The second-order valence-corrected chi connectivity index (χ2v) is 9.28. The Bertz CT molecular complexity index is 650. The molecule has 0 unspecified atom stereocenters. The second kappa shape index (κ2) is 6.40. The Hall–Kier alpha value is -1.40. The number of nitrogens with one attached hydrogen (secondary N) is 2. The number of hydrogen-bond acceptors (Lipinski definition) is 4. The van der Waals surface area contributed by atoms with Gasteiger partial charge in [0.05, 0.1) is 6.42 Å². The van der Waals surface area contributed by atoms with E-state index in [1.165, 1.54) is 0 Å². The lowest BCUT2D eigenvalue weighted by Crippen LogP contribution is -2.40. The second-order valence-electron chi connectivity index (χ2n) is 8.25. The molecular formula is C19H26N2O3S. The van der Waals surface area contributed by atoms with Crippen LogP contribution < -0.4 is 10.6 Å². The summed E-state index contributed by atoms with van der Waals surface area (Å²) < 4.78 is 0. The molecule has 25 heavy (non-hydrogen) atoms. The molecule has 3 N–H and O–H groups in total. The fourth-order valence-corrected chi connectivity index (χ4v) is 5.41. The van der Waals surface area contributed by atoms with E-state index in [0.717, 1.165) is 43.4 Å². The van der Waals surface area contributed by atoms with E-state index in [0.29, 0.717) is 18.9 Å². The van der Waals surface area contributed by atoms with Crippen LogP contribution in [-0.4, -0.2) is 36.1 Å². The monoisotopic (exact) mass is 362 g/mol. The van der Waals surface area contributed by atoms with Crippen molar-refractivity contribution in [3.05, 3.63) is 22.4 Å². The highest BCUT2D eigenvalue weighted by Crippen LogP contribution is 2.61. The van der Waals surface area contributed by atoms with E-state index in [1.54, 1.807) is 11.3 Å². The molecule has 0 aliphatic heterocycles. The molecule has 1 aromatic rings. The summed E-state index contributed by atoms with van der Waals surface area (Å²) in [4.78, 5) is 25.8. The van der Waals surface area contributed by atoms with E-state index in [2.05, 4.69) is 10.6 Å². The third-order valence-electron chi connectivity index (χ3n) is 6.51. The molecule has 2 amide bonds. The predicted octanol–water partition coefficient (Wildman–Crippen LogP) is 1.85. The Morgan fingerprint density at radius 1 is 1.28 bits per heavy atom. The number of fused-ring (bicyclic) bond motifs is 2. The summed E-state index contributed by atoms with van der Waals surface area (Å²) in [6.07, 6.45) is 6.01. The van der Waals surface area contributed by atoms with Crippen LogP contribution in [0.4, 0.5) is 0 Å². The van der Waals surface area contributed by atoms with Gasteiger partial charge >= 0.3 is 0 Å². The highest BCUT2D eigenvalue weighted by Gasteiger charge is 2.58. The molecule has 5 nitrogen and oxygen atoms in total. The molecule has 4 rings (SSSR count). The summed E-state index contributed by atoms with van der Waals surface area (Å²) in [5, 5.41) is 17.8. The van der Waals surface area contributed by atoms with E-state index in [-0.39, 0.29) is 35.3 Å². The molecule has 3 aliphatic carbocycles. The molecule has 6 heteroatoms. The molecule has 0 spiro atoms. The van der Waals surface area contributed by atoms with Crippen molar-refractivity contribution in [2.75, 3.05) is 13.2 Å². The van der Waals surface area contributed by atoms with Gasteiger partial charge in [0.25, 0.3) is 0 Å². The summed E-state index contributed by atoms with van der Waals surface area (Å²) >= 11 is 1.60. The van der Waals surface area contributed by atoms with Crippen molar-refractivity contribution >= 4 is 23.2 Å². The van der Waals surface area contributed by atoms with Crippen LogP contribution in [0.15, 0.2) is 17.5 Å². The molecular weight excluding hydrogens is 336 g/mol. The molecule has 0 saturated heterocycles. The van der Waals surface area contributed by atoms with E-state index < -0.39 is 0 Å². The first-order chi connectivity index (χ1) is 12.0. The maximum absolute atomic E-state index is 12.8. The van der Waals surface area contributed by atoms with Gasteiger partial charge in [0, 0.05) is 29.5 Å².